The molecule has 1 nitrogen and oxygen atoms in total. The van der Waals surface area contributed by atoms with Gasteiger partial charge in [-0.15, -0.1) is 11.3 Å². The second-order valence-electron chi connectivity index (χ2n) is 12.9. The van der Waals surface area contributed by atoms with E-state index >= 15 is 0 Å². The van der Waals surface area contributed by atoms with Crippen LogP contribution in [0.2, 0.25) is 0 Å². The van der Waals surface area contributed by atoms with Gasteiger partial charge in [-0.25, -0.2) is 0 Å². The molecule has 0 aliphatic rings. The molecule has 0 aliphatic carbocycles. The van der Waals surface area contributed by atoms with Gasteiger partial charge in [0.15, 0.2) is 0 Å². The van der Waals surface area contributed by atoms with Gasteiger partial charge < -0.3 is 4.90 Å². The third kappa shape index (κ3) is 4.61. The molecule has 1 heterocycles. The third-order valence-electron chi connectivity index (χ3n) is 10.0. The molecule has 0 bridgehead atoms. The summed E-state index contributed by atoms with van der Waals surface area (Å²) in [4.78, 5) is 2.49. The average molecular weight is 654 g/mol. The van der Waals surface area contributed by atoms with Gasteiger partial charge in [-0.2, -0.15) is 0 Å². The Bertz CT molecular complexity index is 2870. The summed E-state index contributed by atoms with van der Waals surface area (Å²) in [5.74, 6) is 0. The molecule has 0 saturated heterocycles. The van der Waals surface area contributed by atoms with Crippen LogP contribution in [-0.2, 0) is 0 Å². The van der Waals surface area contributed by atoms with E-state index in [1.54, 1.807) is 0 Å². The lowest BCUT2D eigenvalue weighted by atomic mass is 9.93. The number of benzene rings is 9. The minimum Gasteiger partial charge on any atom is -0.309 e. The van der Waals surface area contributed by atoms with Crippen molar-refractivity contribution in [3.8, 4) is 22.3 Å². The normalized spacial score (nSPS) is 11.6. The van der Waals surface area contributed by atoms with Crippen molar-refractivity contribution in [2.75, 3.05) is 4.90 Å². The summed E-state index contributed by atoms with van der Waals surface area (Å²) in [6, 6.07) is 68.7. The summed E-state index contributed by atoms with van der Waals surface area (Å²) in [5, 5.41) is 10.1. The Morgan fingerprint density at radius 2 is 0.960 bits per heavy atom. The molecule has 50 heavy (non-hydrogen) atoms. The second kappa shape index (κ2) is 11.7. The number of nitrogens with zero attached hydrogens (tertiary/aromatic N) is 1. The van der Waals surface area contributed by atoms with Crippen molar-refractivity contribution in [2.24, 2.45) is 0 Å². The van der Waals surface area contributed by atoms with Crippen LogP contribution in [0.3, 0.4) is 0 Å². The lowest BCUT2D eigenvalue weighted by Crippen LogP contribution is -2.11. The van der Waals surface area contributed by atoms with E-state index in [4.69, 9.17) is 0 Å². The van der Waals surface area contributed by atoms with Crippen molar-refractivity contribution in [1.29, 1.82) is 0 Å². The average Bonchev–Trinajstić information content (AvgIpc) is 3.58. The Labute approximate surface area is 294 Å². The van der Waals surface area contributed by atoms with Gasteiger partial charge in [0.05, 0.1) is 11.4 Å². The van der Waals surface area contributed by atoms with Crippen molar-refractivity contribution in [3.05, 3.63) is 188 Å². The molecule has 234 valence electrons. The lowest BCUT2D eigenvalue weighted by molar-refractivity contribution is 1.32. The molecule has 10 aromatic rings. The highest BCUT2D eigenvalue weighted by molar-refractivity contribution is 7.26. The van der Waals surface area contributed by atoms with Crippen LogP contribution in [0.25, 0.3) is 74.7 Å². The highest BCUT2D eigenvalue weighted by Crippen LogP contribution is 2.50. The predicted molar refractivity (Wildman–Crippen MR) is 217 cm³/mol. The maximum atomic E-state index is 2.49. The molecule has 9 aromatic carbocycles. The molecule has 0 N–H and O–H groups in total. The summed E-state index contributed by atoms with van der Waals surface area (Å²) in [6.07, 6.45) is 0. The fourth-order valence-electron chi connectivity index (χ4n) is 7.77. The number of hydrogen-bond donors (Lipinski definition) is 0. The molecule has 0 fully saturated rings. The van der Waals surface area contributed by atoms with E-state index in [9.17, 15) is 0 Å². The molecule has 0 unspecified atom stereocenters. The first kappa shape index (κ1) is 28.8. The maximum absolute atomic E-state index is 2.49. The minimum atomic E-state index is 1.13. The molecule has 0 amide bonds. The zero-order valence-electron chi connectivity index (χ0n) is 27.3. The quantitative estimate of drug-likeness (QED) is 0.179. The first-order chi connectivity index (χ1) is 24.8. The van der Waals surface area contributed by atoms with Crippen molar-refractivity contribution < 1.29 is 0 Å². The zero-order valence-corrected chi connectivity index (χ0v) is 28.1. The van der Waals surface area contributed by atoms with Gasteiger partial charge >= 0.3 is 0 Å². The molecule has 2 heteroatoms. The molecule has 1 aromatic heterocycles. The molecule has 0 spiro atoms. The second-order valence-corrected chi connectivity index (χ2v) is 13.9. The fraction of sp³-hybridized carbons (Fsp3) is 0. The van der Waals surface area contributed by atoms with Crippen LogP contribution < -0.4 is 4.90 Å². The summed E-state index contributed by atoms with van der Waals surface area (Å²) >= 11 is 1.90. The van der Waals surface area contributed by atoms with Crippen LogP contribution >= 0.6 is 11.3 Å². The van der Waals surface area contributed by atoms with Crippen LogP contribution in [0.1, 0.15) is 0 Å². The topological polar surface area (TPSA) is 3.24 Å². The smallest absolute Gasteiger partial charge is 0.0547 e. The van der Waals surface area contributed by atoms with E-state index < -0.39 is 0 Å². The highest BCUT2D eigenvalue weighted by Gasteiger charge is 2.22. The van der Waals surface area contributed by atoms with E-state index in [1.165, 1.54) is 80.4 Å². The molecule has 10 rings (SSSR count). The van der Waals surface area contributed by atoms with Crippen molar-refractivity contribution >= 4 is 80.9 Å². The Morgan fingerprint density at radius 1 is 0.360 bits per heavy atom. The van der Waals surface area contributed by atoms with Gasteiger partial charge in [0.2, 0.25) is 0 Å². The van der Waals surface area contributed by atoms with E-state index in [1.807, 2.05) is 11.3 Å². The number of hydrogen-bond acceptors (Lipinski definition) is 2. The van der Waals surface area contributed by atoms with Crippen LogP contribution in [0, 0.1) is 0 Å². The van der Waals surface area contributed by atoms with Crippen LogP contribution in [0.15, 0.2) is 188 Å². The van der Waals surface area contributed by atoms with Crippen molar-refractivity contribution in [1.82, 2.24) is 0 Å². The molecule has 0 aliphatic heterocycles. The summed E-state index contributed by atoms with van der Waals surface area (Å²) < 4.78 is 2.62. The van der Waals surface area contributed by atoms with Gasteiger partial charge in [0, 0.05) is 42.0 Å². The molecule has 0 saturated carbocycles. The summed E-state index contributed by atoms with van der Waals surface area (Å²) in [7, 11) is 0. The standard InChI is InChI=1S/C48H31NS/c1-2-14-32(15-3-1)35-20-10-21-36(30-35)49(44-28-12-19-34-17-5-7-23-38(34)44)45-31-43-47-41(39-26-11-18-33-16-4-6-22-37(33)39)27-13-29-46(47)50-48(43)42-25-9-8-24-40(42)45/h1-31H. The van der Waals surface area contributed by atoms with E-state index in [-0.39, 0.29) is 0 Å². The van der Waals surface area contributed by atoms with Crippen molar-refractivity contribution in [3.63, 3.8) is 0 Å². The van der Waals surface area contributed by atoms with E-state index in [0.717, 1.165) is 11.4 Å². The molecule has 0 radical (unpaired) electrons. The maximum Gasteiger partial charge on any atom is 0.0547 e. The summed E-state index contributed by atoms with van der Waals surface area (Å²) in [5.41, 5.74) is 8.39. The van der Waals surface area contributed by atoms with Crippen LogP contribution in [-0.4, -0.2) is 0 Å². The third-order valence-corrected chi connectivity index (χ3v) is 11.2. The van der Waals surface area contributed by atoms with Gasteiger partial charge in [-0.05, 0) is 68.7 Å². The van der Waals surface area contributed by atoms with E-state index in [2.05, 4.69) is 193 Å². The SMILES string of the molecule is c1ccc(-c2cccc(N(c3cccc4ccccc34)c3cc4c(sc5cccc(-c6cccc7ccccc67)c54)c4ccccc34)c2)cc1. The van der Waals surface area contributed by atoms with Gasteiger partial charge in [0.1, 0.15) is 0 Å². The molecule has 0 atom stereocenters. The van der Waals surface area contributed by atoms with Crippen LogP contribution in [0.5, 0.6) is 0 Å². The minimum absolute atomic E-state index is 1.13. The number of fused-ring (bicyclic) bond motifs is 7. The number of rotatable bonds is 5. The monoisotopic (exact) mass is 653 g/mol. The van der Waals surface area contributed by atoms with Crippen LogP contribution in [0.4, 0.5) is 17.1 Å². The van der Waals surface area contributed by atoms with E-state index in [0.29, 0.717) is 0 Å². The predicted octanol–water partition coefficient (Wildman–Crippen LogP) is 14.3. The fourth-order valence-corrected chi connectivity index (χ4v) is 9.01. The first-order valence-corrected chi connectivity index (χ1v) is 17.9. The largest absolute Gasteiger partial charge is 0.309 e. The number of thiophene rings is 1. The van der Waals surface area contributed by atoms with Gasteiger partial charge in [0.25, 0.3) is 0 Å². The molecular weight excluding hydrogens is 623 g/mol. The zero-order chi connectivity index (χ0) is 33.0. The first-order valence-electron chi connectivity index (χ1n) is 17.1. The van der Waals surface area contributed by atoms with Gasteiger partial charge in [-0.1, -0.05) is 158 Å². The Balaban J connectivity index is 1.32. The lowest BCUT2D eigenvalue weighted by Gasteiger charge is -2.29. The Hall–Kier alpha value is -6.22. The van der Waals surface area contributed by atoms with Gasteiger partial charge in [-0.3, -0.25) is 0 Å². The molecular formula is C48H31NS. The number of anilines is 3. The highest BCUT2D eigenvalue weighted by atomic mass is 32.1. The Kier molecular flexibility index (Phi) is 6.75. The van der Waals surface area contributed by atoms with Crippen molar-refractivity contribution in [2.45, 2.75) is 0 Å². The summed E-state index contributed by atoms with van der Waals surface area (Å²) in [6.45, 7) is 0. The Morgan fingerprint density at radius 3 is 1.80 bits per heavy atom.